The first-order valence-corrected chi connectivity index (χ1v) is 12.1. The van der Waals surface area contributed by atoms with Crippen molar-refractivity contribution in [3.05, 3.63) is 53.7 Å². The van der Waals surface area contributed by atoms with Crippen molar-refractivity contribution in [2.45, 2.75) is 17.1 Å². The second-order valence-corrected chi connectivity index (χ2v) is 10.7. The fourth-order valence-corrected chi connectivity index (χ4v) is 6.89. The van der Waals surface area contributed by atoms with Gasteiger partial charge in [0.1, 0.15) is 16.1 Å². The smallest absolute Gasteiger partial charge is 0.259 e. The Hall–Kier alpha value is -3.54. The van der Waals surface area contributed by atoms with E-state index in [0.717, 1.165) is 0 Å². The van der Waals surface area contributed by atoms with Crippen LogP contribution < -0.4 is 9.47 Å². The third-order valence-corrected chi connectivity index (χ3v) is 9.00. The van der Waals surface area contributed by atoms with Gasteiger partial charge in [0.2, 0.25) is 23.5 Å². The monoisotopic (exact) mass is 488 g/mol. The number of benzene rings is 1. The zero-order valence-electron chi connectivity index (χ0n) is 18.4. The van der Waals surface area contributed by atoms with Crippen LogP contribution in [0.4, 0.5) is 4.39 Å². The third-order valence-electron chi connectivity index (χ3n) is 6.44. The summed E-state index contributed by atoms with van der Waals surface area (Å²) in [5.41, 5.74) is 0.761. The minimum atomic E-state index is -3.52. The summed E-state index contributed by atoms with van der Waals surface area (Å²) in [6, 6.07) is 8.67. The van der Waals surface area contributed by atoms with E-state index in [1.54, 1.807) is 0 Å². The van der Waals surface area contributed by atoms with Crippen LogP contribution >= 0.6 is 0 Å². The average Bonchev–Trinajstić information content (AvgIpc) is 3.39. The van der Waals surface area contributed by atoms with E-state index in [1.807, 2.05) is 0 Å². The summed E-state index contributed by atoms with van der Waals surface area (Å²) in [5.74, 6) is -0.558. The second kappa shape index (κ2) is 8.05. The summed E-state index contributed by atoms with van der Waals surface area (Å²) >= 11 is 0. The van der Waals surface area contributed by atoms with E-state index >= 15 is 0 Å². The topological polar surface area (TPSA) is 125 Å². The molecule has 0 aliphatic carbocycles. The Morgan fingerprint density at radius 2 is 1.85 bits per heavy atom. The fourth-order valence-electron chi connectivity index (χ4n) is 4.58. The molecule has 4 heterocycles. The van der Waals surface area contributed by atoms with Gasteiger partial charge in [-0.1, -0.05) is 5.16 Å². The third kappa shape index (κ3) is 3.40. The minimum Gasteiger partial charge on any atom is -0.481 e. The molecule has 5 rings (SSSR count). The number of nitrogens with zero attached hydrogens (tertiary/aromatic N) is 4. The second-order valence-electron chi connectivity index (χ2n) is 8.26. The minimum absolute atomic E-state index is 0.0116. The van der Waals surface area contributed by atoms with E-state index in [1.165, 1.54) is 55.5 Å². The number of amides is 1. The average molecular weight is 488 g/mol. The molecule has 2 saturated heterocycles. The van der Waals surface area contributed by atoms with Gasteiger partial charge in [-0.2, -0.15) is 9.97 Å². The number of likely N-dealkylation sites (tertiary alicyclic amines) is 1. The predicted molar refractivity (Wildman–Crippen MR) is 117 cm³/mol. The number of hydrogen-bond acceptors (Lipinski definition) is 9. The number of aromatic nitrogens is 3. The highest BCUT2D eigenvalue weighted by molar-refractivity contribution is 7.93. The van der Waals surface area contributed by atoms with Gasteiger partial charge >= 0.3 is 0 Å². The first kappa shape index (κ1) is 22.3. The van der Waals surface area contributed by atoms with E-state index < -0.39 is 32.2 Å². The maximum atomic E-state index is 13.2. The summed E-state index contributed by atoms with van der Waals surface area (Å²) in [6.45, 7) is -0.0233. The van der Waals surface area contributed by atoms with Gasteiger partial charge < -0.3 is 18.9 Å². The van der Waals surface area contributed by atoms with Crippen LogP contribution in [-0.2, 0) is 9.84 Å². The van der Waals surface area contributed by atoms with Crippen molar-refractivity contribution in [3.8, 4) is 23.1 Å². The van der Waals surface area contributed by atoms with Crippen molar-refractivity contribution >= 4 is 15.7 Å². The van der Waals surface area contributed by atoms with Gasteiger partial charge in [0, 0.05) is 24.7 Å². The fraction of sp³-hybridized carbons (Fsp3) is 0.364. The number of pyridine rings is 1. The molecule has 3 aromatic rings. The number of halogens is 1. The highest BCUT2D eigenvalue weighted by atomic mass is 32.2. The molecule has 34 heavy (non-hydrogen) atoms. The van der Waals surface area contributed by atoms with Crippen molar-refractivity contribution in [3.63, 3.8) is 0 Å². The molecule has 2 aromatic heterocycles. The van der Waals surface area contributed by atoms with Crippen molar-refractivity contribution in [2.75, 3.05) is 33.1 Å². The van der Waals surface area contributed by atoms with Crippen LogP contribution in [-0.4, -0.2) is 72.2 Å². The molecule has 178 valence electrons. The largest absolute Gasteiger partial charge is 0.481 e. The summed E-state index contributed by atoms with van der Waals surface area (Å²) in [6.07, 6.45) is 0.308. The van der Waals surface area contributed by atoms with E-state index in [4.69, 9.17) is 14.0 Å². The first-order chi connectivity index (χ1) is 16.3. The molecule has 2 fully saturated rings. The van der Waals surface area contributed by atoms with Gasteiger partial charge in [0.05, 0.1) is 25.9 Å². The van der Waals surface area contributed by atoms with E-state index in [9.17, 15) is 17.6 Å². The SMILES string of the molecule is COc1ccc(C(=O)N2CC3(C2)C(c2nc(-c4ccc(F)cc4)no2)CCS3(=O)=O)c(OC)n1. The Bertz CT molecular complexity index is 1350. The van der Waals surface area contributed by atoms with Gasteiger partial charge in [-0.3, -0.25) is 4.79 Å². The zero-order chi connectivity index (χ0) is 24.1. The number of rotatable bonds is 5. The van der Waals surface area contributed by atoms with Gasteiger partial charge in [-0.25, -0.2) is 12.8 Å². The maximum Gasteiger partial charge on any atom is 0.259 e. The van der Waals surface area contributed by atoms with E-state index in [0.29, 0.717) is 17.9 Å². The lowest BCUT2D eigenvalue weighted by molar-refractivity contribution is 0.0500. The lowest BCUT2D eigenvalue weighted by atomic mass is 9.82. The van der Waals surface area contributed by atoms with Crippen LogP contribution in [0.5, 0.6) is 11.8 Å². The van der Waals surface area contributed by atoms with Crippen LogP contribution in [0.2, 0.25) is 0 Å². The predicted octanol–water partition coefficient (Wildman–Crippen LogP) is 2.08. The molecule has 0 saturated carbocycles. The summed E-state index contributed by atoms with van der Waals surface area (Å²) in [5, 5.41) is 3.95. The van der Waals surface area contributed by atoms with Gasteiger partial charge in [-0.05, 0) is 36.8 Å². The van der Waals surface area contributed by atoms with Crippen LogP contribution in [0.3, 0.4) is 0 Å². The Morgan fingerprint density at radius 3 is 2.53 bits per heavy atom. The molecule has 1 unspecified atom stereocenters. The molecule has 1 atom stereocenters. The van der Waals surface area contributed by atoms with Crippen molar-refractivity contribution < 1.29 is 31.6 Å². The molecule has 10 nitrogen and oxygen atoms in total. The lowest BCUT2D eigenvalue weighted by Gasteiger charge is -2.48. The quantitative estimate of drug-likeness (QED) is 0.531. The standard InChI is InChI=1S/C22H21FN4O6S/c1-31-17-8-7-15(19(24-17)32-2)21(28)27-11-22(12-27)16(9-10-34(22,29)30)20-25-18(26-33-20)13-3-5-14(23)6-4-13/h3-8,16H,9-12H2,1-2H3. The number of carbonyl (C=O) groups is 1. The molecule has 0 bridgehead atoms. The Balaban J connectivity index is 1.40. The molecule has 2 aliphatic rings. The number of sulfone groups is 1. The summed E-state index contributed by atoms with van der Waals surface area (Å²) in [4.78, 5) is 23.1. The van der Waals surface area contributed by atoms with E-state index in [2.05, 4.69) is 15.1 Å². The van der Waals surface area contributed by atoms with Crippen molar-refractivity contribution in [1.82, 2.24) is 20.0 Å². The van der Waals surface area contributed by atoms with Gasteiger partial charge in [0.15, 0.2) is 9.84 Å². The van der Waals surface area contributed by atoms with Gasteiger partial charge in [0.25, 0.3) is 5.91 Å². The van der Waals surface area contributed by atoms with Crippen LogP contribution in [0.15, 0.2) is 40.9 Å². The number of methoxy groups -OCH3 is 2. The molecular weight excluding hydrogens is 467 g/mol. The zero-order valence-corrected chi connectivity index (χ0v) is 19.2. The highest BCUT2D eigenvalue weighted by Crippen LogP contribution is 2.50. The van der Waals surface area contributed by atoms with E-state index in [-0.39, 0.29) is 42.0 Å². The first-order valence-electron chi connectivity index (χ1n) is 10.5. The molecule has 0 N–H and O–H groups in total. The molecule has 1 aromatic carbocycles. The Labute approximate surface area is 194 Å². The molecule has 2 aliphatic heterocycles. The molecule has 0 radical (unpaired) electrons. The number of ether oxygens (including phenoxy) is 2. The summed E-state index contributed by atoms with van der Waals surface area (Å²) < 4.78 is 53.8. The normalized spacial score (nSPS) is 20.2. The lowest BCUT2D eigenvalue weighted by Crippen LogP contribution is -2.67. The Morgan fingerprint density at radius 1 is 1.12 bits per heavy atom. The number of carbonyl (C=O) groups excluding carboxylic acids is 1. The Kier molecular flexibility index (Phi) is 5.27. The molecule has 1 amide bonds. The summed E-state index contributed by atoms with van der Waals surface area (Å²) in [7, 11) is -0.680. The highest BCUT2D eigenvalue weighted by Gasteiger charge is 2.64. The van der Waals surface area contributed by atoms with Crippen molar-refractivity contribution in [1.29, 1.82) is 0 Å². The van der Waals surface area contributed by atoms with Crippen molar-refractivity contribution in [2.24, 2.45) is 0 Å². The van der Waals surface area contributed by atoms with Crippen LogP contribution in [0, 0.1) is 5.82 Å². The molecule has 1 spiro atoms. The maximum absolute atomic E-state index is 13.2. The van der Waals surface area contributed by atoms with Crippen LogP contribution in [0.1, 0.15) is 28.6 Å². The molecule has 12 heteroatoms. The van der Waals surface area contributed by atoms with Crippen LogP contribution in [0.25, 0.3) is 11.4 Å². The number of hydrogen-bond donors (Lipinski definition) is 0. The van der Waals surface area contributed by atoms with Gasteiger partial charge in [-0.15, -0.1) is 0 Å². The molecular formula is C22H21FN4O6S.